The lowest BCUT2D eigenvalue weighted by atomic mass is 10.3. The van der Waals surface area contributed by atoms with Crippen LogP contribution in [0.2, 0.25) is 0 Å². The highest BCUT2D eigenvalue weighted by Gasteiger charge is 1.69. The molecule has 0 aliphatic rings. The molecule has 0 atom stereocenters. The van der Waals surface area contributed by atoms with Gasteiger partial charge >= 0.3 is 0 Å². The van der Waals surface area contributed by atoms with Crippen molar-refractivity contribution in [2.75, 3.05) is 6.61 Å². The van der Waals surface area contributed by atoms with E-state index in [9.17, 15) is 0 Å². The van der Waals surface area contributed by atoms with Gasteiger partial charge in [-0.15, -0.1) is 0 Å². The molecule has 0 fully saturated rings. The minimum absolute atomic E-state index is 0.167. The molecule has 0 aromatic carbocycles. The van der Waals surface area contributed by atoms with Gasteiger partial charge in [0.2, 0.25) is 0 Å². The number of hydrogen-bond donors (Lipinski definition) is 2. The van der Waals surface area contributed by atoms with Crippen molar-refractivity contribution in [3.63, 3.8) is 0 Å². The maximum atomic E-state index is 8.06. The molecule has 0 rings (SSSR count). The summed E-state index contributed by atoms with van der Waals surface area (Å²) < 4.78 is 0. The average Bonchev–Trinajstić information content (AvgIpc) is 1.89. The Balaban J connectivity index is -0.000000105. The van der Waals surface area contributed by atoms with E-state index in [1.54, 1.807) is 20.8 Å². The van der Waals surface area contributed by atoms with Crippen molar-refractivity contribution in [1.82, 2.24) is 0 Å². The second kappa shape index (κ2) is 22.4. The number of aliphatic hydroxyl groups is 2. The van der Waals surface area contributed by atoms with Crippen LogP contribution in [-0.2, 0) is 0 Å². The second-order valence-electron chi connectivity index (χ2n) is 2.76. The number of rotatable bonds is 2. The summed E-state index contributed by atoms with van der Waals surface area (Å²) in [5.74, 6) is 0. The standard InChI is InChI=1S/C5H12.C3H8O.C2H6O/c1-3-5-4-2;1-3(2)4;1-2-3/h3-5H2,1-2H3;3-4H,1-2H3;3H,2H2,1H3. The van der Waals surface area contributed by atoms with Gasteiger partial charge in [-0.05, 0) is 20.8 Å². The van der Waals surface area contributed by atoms with Crippen LogP contribution in [0.15, 0.2) is 0 Å². The van der Waals surface area contributed by atoms with Crippen LogP contribution in [0, 0.1) is 0 Å². The highest BCUT2D eigenvalue weighted by atomic mass is 16.3. The molecule has 0 amide bonds. The molecule has 0 radical (unpaired) electrons. The second-order valence-corrected chi connectivity index (χ2v) is 2.76. The molecule has 0 aliphatic heterocycles. The van der Waals surface area contributed by atoms with Crippen LogP contribution in [0.25, 0.3) is 0 Å². The van der Waals surface area contributed by atoms with E-state index in [1.807, 2.05) is 0 Å². The van der Waals surface area contributed by atoms with Crippen LogP contribution >= 0.6 is 0 Å². The van der Waals surface area contributed by atoms with Crippen molar-refractivity contribution in [3.8, 4) is 0 Å². The quantitative estimate of drug-likeness (QED) is 0.682. The van der Waals surface area contributed by atoms with Crippen LogP contribution in [-0.4, -0.2) is 22.9 Å². The van der Waals surface area contributed by atoms with Crippen LogP contribution < -0.4 is 0 Å². The fraction of sp³-hybridized carbons (Fsp3) is 1.00. The Kier molecular flexibility index (Phi) is 33.4. The van der Waals surface area contributed by atoms with Crippen LogP contribution in [0.3, 0.4) is 0 Å². The molecule has 0 spiro atoms. The lowest BCUT2D eigenvalue weighted by Crippen LogP contribution is -1.85. The molecule has 0 heterocycles. The predicted molar refractivity (Wildman–Crippen MR) is 55.3 cm³/mol. The first-order valence-electron chi connectivity index (χ1n) is 4.85. The van der Waals surface area contributed by atoms with Crippen LogP contribution in [0.4, 0.5) is 0 Å². The van der Waals surface area contributed by atoms with Gasteiger partial charge in [0.25, 0.3) is 0 Å². The first-order valence-corrected chi connectivity index (χ1v) is 4.85. The average molecular weight is 178 g/mol. The molecule has 2 heteroatoms. The summed E-state index contributed by atoms with van der Waals surface area (Å²) in [6, 6.07) is 0. The Labute approximate surface area is 77.6 Å². The van der Waals surface area contributed by atoms with Crippen molar-refractivity contribution in [2.45, 2.75) is 60.0 Å². The van der Waals surface area contributed by atoms with E-state index in [0.717, 1.165) is 0 Å². The van der Waals surface area contributed by atoms with Crippen molar-refractivity contribution in [2.24, 2.45) is 0 Å². The monoisotopic (exact) mass is 178 g/mol. The molecule has 0 aromatic rings. The summed E-state index contributed by atoms with van der Waals surface area (Å²) in [6.45, 7) is 9.80. The zero-order valence-corrected chi connectivity index (χ0v) is 9.30. The zero-order valence-electron chi connectivity index (χ0n) is 9.30. The third-order valence-electron chi connectivity index (χ3n) is 0.707. The van der Waals surface area contributed by atoms with Gasteiger partial charge in [0.15, 0.2) is 0 Å². The van der Waals surface area contributed by atoms with Crippen LogP contribution in [0.1, 0.15) is 53.9 Å². The van der Waals surface area contributed by atoms with E-state index in [2.05, 4.69) is 13.8 Å². The van der Waals surface area contributed by atoms with Gasteiger partial charge in [0.05, 0.1) is 0 Å². The number of unbranched alkanes of at least 4 members (excludes halogenated alkanes) is 2. The van der Waals surface area contributed by atoms with Crippen molar-refractivity contribution in [1.29, 1.82) is 0 Å². The molecule has 12 heavy (non-hydrogen) atoms. The third-order valence-corrected chi connectivity index (χ3v) is 0.707. The Morgan fingerprint density at radius 2 is 1.17 bits per heavy atom. The largest absolute Gasteiger partial charge is 0.397 e. The highest BCUT2D eigenvalue weighted by Crippen LogP contribution is 1.88. The van der Waals surface area contributed by atoms with E-state index < -0.39 is 0 Å². The summed E-state index contributed by atoms with van der Waals surface area (Å²) in [7, 11) is 0. The summed E-state index contributed by atoms with van der Waals surface area (Å²) in [6.07, 6.45) is 3.91. The SMILES string of the molecule is CC(C)O.CCCCC.CCO. The molecule has 2 nitrogen and oxygen atoms in total. The van der Waals surface area contributed by atoms with Gasteiger partial charge < -0.3 is 10.2 Å². The van der Waals surface area contributed by atoms with E-state index in [-0.39, 0.29) is 12.7 Å². The van der Waals surface area contributed by atoms with E-state index >= 15 is 0 Å². The lowest BCUT2D eigenvalue weighted by Gasteiger charge is -1.80. The Morgan fingerprint density at radius 3 is 1.17 bits per heavy atom. The Bertz CT molecular complexity index is 40.3. The molecule has 0 saturated carbocycles. The molecule has 2 N–H and O–H groups in total. The summed E-state index contributed by atoms with van der Waals surface area (Å²) >= 11 is 0. The normalized spacial score (nSPS) is 8.00. The first kappa shape index (κ1) is 17.9. The topological polar surface area (TPSA) is 40.5 Å². The number of hydrogen-bond acceptors (Lipinski definition) is 2. The van der Waals surface area contributed by atoms with Gasteiger partial charge in [0.1, 0.15) is 0 Å². The molecular weight excluding hydrogens is 152 g/mol. The molecule has 0 bridgehead atoms. The zero-order chi connectivity index (χ0) is 10.4. The summed E-state index contributed by atoms with van der Waals surface area (Å²) in [5, 5.41) is 15.6. The van der Waals surface area contributed by atoms with Crippen molar-refractivity contribution < 1.29 is 10.2 Å². The Hall–Kier alpha value is -0.0800. The number of aliphatic hydroxyl groups excluding tert-OH is 2. The van der Waals surface area contributed by atoms with Gasteiger partial charge in [-0.2, -0.15) is 0 Å². The molecule has 0 aliphatic carbocycles. The maximum absolute atomic E-state index is 8.06. The van der Waals surface area contributed by atoms with Crippen molar-refractivity contribution in [3.05, 3.63) is 0 Å². The van der Waals surface area contributed by atoms with E-state index in [4.69, 9.17) is 10.2 Å². The smallest absolute Gasteiger partial charge is 0.0483 e. The highest BCUT2D eigenvalue weighted by molar-refractivity contribution is 4.24. The lowest BCUT2D eigenvalue weighted by molar-refractivity contribution is 0.216. The van der Waals surface area contributed by atoms with E-state index in [0.29, 0.717) is 0 Å². The van der Waals surface area contributed by atoms with Crippen LogP contribution in [0.5, 0.6) is 0 Å². The minimum atomic E-state index is -0.167. The van der Waals surface area contributed by atoms with Gasteiger partial charge in [-0.3, -0.25) is 0 Å². The minimum Gasteiger partial charge on any atom is -0.397 e. The molecule has 78 valence electrons. The fourth-order valence-electron chi connectivity index (χ4n) is 0.354. The van der Waals surface area contributed by atoms with Crippen molar-refractivity contribution >= 4 is 0 Å². The molecule has 0 unspecified atom stereocenters. The molecule has 0 aromatic heterocycles. The summed E-state index contributed by atoms with van der Waals surface area (Å²) in [5.41, 5.74) is 0. The van der Waals surface area contributed by atoms with E-state index in [1.165, 1.54) is 19.3 Å². The summed E-state index contributed by atoms with van der Waals surface area (Å²) in [4.78, 5) is 0. The molecular formula is C10H26O2. The van der Waals surface area contributed by atoms with Gasteiger partial charge in [0, 0.05) is 12.7 Å². The predicted octanol–water partition coefficient (Wildman–Crippen LogP) is 2.58. The third kappa shape index (κ3) is 214. The van der Waals surface area contributed by atoms with Gasteiger partial charge in [-0.25, -0.2) is 0 Å². The molecule has 0 saturated heterocycles. The maximum Gasteiger partial charge on any atom is 0.0483 e. The Morgan fingerprint density at radius 1 is 1.00 bits per heavy atom. The van der Waals surface area contributed by atoms with Gasteiger partial charge in [-0.1, -0.05) is 33.1 Å². The first-order chi connectivity index (χ1) is 5.56. The fourth-order valence-corrected chi connectivity index (χ4v) is 0.354.